The zero-order chi connectivity index (χ0) is 18.7. The van der Waals surface area contributed by atoms with Gasteiger partial charge in [-0.15, -0.1) is 0 Å². The summed E-state index contributed by atoms with van der Waals surface area (Å²) >= 11 is 0. The van der Waals surface area contributed by atoms with Gasteiger partial charge in [-0.2, -0.15) is 0 Å². The van der Waals surface area contributed by atoms with Gasteiger partial charge in [-0.1, -0.05) is 13.8 Å². The van der Waals surface area contributed by atoms with Crippen molar-refractivity contribution in [3.05, 3.63) is 66.8 Å². The zero-order valence-electron chi connectivity index (χ0n) is 15.1. The lowest BCUT2D eigenvalue weighted by atomic mass is 9.84. The summed E-state index contributed by atoms with van der Waals surface area (Å²) < 4.78 is 3.75. The molecule has 0 radical (unpaired) electrons. The maximum Gasteiger partial charge on any atom is 0.270 e. The minimum atomic E-state index is -0.590. The molecular weight excluding hydrogens is 330 g/mol. The maximum atomic E-state index is 12.8. The summed E-state index contributed by atoms with van der Waals surface area (Å²) in [6.45, 7) is 3.67. The van der Waals surface area contributed by atoms with E-state index in [1.807, 2.05) is 66.8 Å². The van der Waals surface area contributed by atoms with Gasteiger partial charge in [0.2, 0.25) is 0 Å². The van der Waals surface area contributed by atoms with E-state index in [9.17, 15) is 9.90 Å². The molecule has 2 N–H and O–H groups in total. The summed E-state index contributed by atoms with van der Waals surface area (Å²) in [6, 6.07) is 6.95. The van der Waals surface area contributed by atoms with Crippen LogP contribution in [-0.4, -0.2) is 36.7 Å². The van der Waals surface area contributed by atoms with E-state index in [2.05, 4.69) is 15.3 Å². The lowest BCUT2D eigenvalue weighted by molar-refractivity contribution is 0.0786. The summed E-state index contributed by atoms with van der Waals surface area (Å²) in [6.07, 6.45) is 8.90. The average Bonchev–Trinajstić information content (AvgIpc) is 3.31. The van der Waals surface area contributed by atoms with E-state index >= 15 is 0 Å². The quantitative estimate of drug-likeness (QED) is 0.711. The smallest absolute Gasteiger partial charge is 0.270 e. The second-order valence-electron chi connectivity index (χ2n) is 6.94. The largest absolute Gasteiger partial charge is 0.396 e. The number of carbonyl (C=O) groups is 1. The van der Waals surface area contributed by atoms with Crippen molar-refractivity contribution in [2.24, 2.45) is 12.5 Å². The molecule has 1 unspecified atom stereocenters. The van der Waals surface area contributed by atoms with Crippen LogP contribution < -0.4 is 5.32 Å². The minimum absolute atomic E-state index is 0.0956. The second kappa shape index (κ2) is 7.13. The maximum absolute atomic E-state index is 12.8. The van der Waals surface area contributed by atoms with Gasteiger partial charge in [-0.25, -0.2) is 4.98 Å². The Morgan fingerprint density at radius 2 is 1.96 bits per heavy atom. The minimum Gasteiger partial charge on any atom is -0.396 e. The molecule has 136 valence electrons. The van der Waals surface area contributed by atoms with Crippen molar-refractivity contribution in [3.63, 3.8) is 0 Å². The molecule has 1 amide bonds. The van der Waals surface area contributed by atoms with Gasteiger partial charge >= 0.3 is 0 Å². The third-order valence-corrected chi connectivity index (χ3v) is 4.46. The molecule has 0 aliphatic carbocycles. The Hall–Kier alpha value is -2.93. The highest BCUT2D eigenvalue weighted by Crippen LogP contribution is 2.32. The number of aromatic nitrogens is 4. The number of aliphatic hydroxyl groups excluding tert-OH is 1. The monoisotopic (exact) mass is 353 g/mol. The van der Waals surface area contributed by atoms with Crippen LogP contribution in [0.4, 0.5) is 0 Å². The number of hydrogen-bond acceptors (Lipinski definition) is 4. The number of aryl methyl sites for hydroxylation is 1. The second-order valence-corrected chi connectivity index (χ2v) is 6.94. The van der Waals surface area contributed by atoms with Crippen LogP contribution in [0, 0.1) is 5.41 Å². The van der Waals surface area contributed by atoms with Crippen molar-refractivity contribution in [1.82, 2.24) is 24.4 Å². The highest BCUT2D eigenvalue weighted by Gasteiger charge is 2.34. The van der Waals surface area contributed by atoms with Gasteiger partial charge in [0, 0.05) is 49.1 Å². The number of carbonyl (C=O) groups excluding carboxylic acids is 1. The Morgan fingerprint density at radius 1 is 1.23 bits per heavy atom. The molecule has 3 aromatic heterocycles. The molecule has 0 aliphatic rings. The molecule has 0 aliphatic heterocycles. The molecule has 1 atom stereocenters. The first-order valence-corrected chi connectivity index (χ1v) is 8.41. The number of pyridine rings is 1. The van der Waals surface area contributed by atoms with E-state index in [1.165, 1.54) is 0 Å². The third-order valence-electron chi connectivity index (χ3n) is 4.46. The standard InChI is InChI=1S/C19H23N5O2/c1-19(2,13-25)16(17-21-8-11-23(17)3)22-18(26)15-12-14(6-7-20-15)24-9-4-5-10-24/h4-12,16,25H,13H2,1-3H3,(H,22,26). The Labute approximate surface area is 152 Å². The molecule has 0 saturated carbocycles. The van der Waals surface area contributed by atoms with E-state index in [0.29, 0.717) is 11.5 Å². The number of nitrogens with one attached hydrogen (secondary N) is 1. The lowest BCUT2D eigenvalue weighted by Crippen LogP contribution is -2.41. The van der Waals surface area contributed by atoms with E-state index in [4.69, 9.17) is 0 Å². The van der Waals surface area contributed by atoms with Crippen LogP contribution in [0.3, 0.4) is 0 Å². The fraction of sp³-hybridized carbons (Fsp3) is 0.316. The number of nitrogens with zero attached hydrogens (tertiary/aromatic N) is 4. The van der Waals surface area contributed by atoms with Crippen molar-refractivity contribution < 1.29 is 9.90 Å². The van der Waals surface area contributed by atoms with E-state index < -0.39 is 11.5 Å². The third kappa shape index (κ3) is 3.52. The topological polar surface area (TPSA) is 85.0 Å². The van der Waals surface area contributed by atoms with Crippen molar-refractivity contribution >= 4 is 5.91 Å². The fourth-order valence-electron chi connectivity index (χ4n) is 2.77. The van der Waals surface area contributed by atoms with Crippen LogP contribution in [0.25, 0.3) is 5.69 Å². The number of rotatable bonds is 6. The molecule has 0 aromatic carbocycles. The molecule has 3 heterocycles. The van der Waals surface area contributed by atoms with Gasteiger partial charge in [-0.3, -0.25) is 9.78 Å². The highest BCUT2D eigenvalue weighted by molar-refractivity contribution is 5.93. The molecule has 0 saturated heterocycles. The van der Waals surface area contributed by atoms with Crippen molar-refractivity contribution in [2.45, 2.75) is 19.9 Å². The fourth-order valence-corrected chi connectivity index (χ4v) is 2.77. The molecule has 7 nitrogen and oxygen atoms in total. The predicted molar refractivity (Wildman–Crippen MR) is 97.8 cm³/mol. The SMILES string of the molecule is Cn1ccnc1C(NC(=O)c1cc(-n2cccc2)ccn1)C(C)(C)CO. The zero-order valence-corrected chi connectivity index (χ0v) is 15.1. The lowest BCUT2D eigenvalue weighted by Gasteiger charge is -2.32. The normalized spacial score (nSPS) is 12.8. The van der Waals surface area contributed by atoms with E-state index in [1.54, 1.807) is 18.5 Å². The van der Waals surface area contributed by atoms with Crippen molar-refractivity contribution in [1.29, 1.82) is 0 Å². The van der Waals surface area contributed by atoms with Crippen LogP contribution in [0.2, 0.25) is 0 Å². The van der Waals surface area contributed by atoms with Gasteiger partial charge in [0.1, 0.15) is 11.5 Å². The molecular formula is C19H23N5O2. The van der Waals surface area contributed by atoms with Gasteiger partial charge in [0.15, 0.2) is 0 Å². The van der Waals surface area contributed by atoms with Crippen LogP contribution in [-0.2, 0) is 7.05 Å². The number of amides is 1. The van der Waals surface area contributed by atoms with Crippen LogP contribution in [0.5, 0.6) is 0 Å². The first-order valence-electron chi connectivity index (χ1n) is 8.41. The number of aliphatic hydroxyl groups is 1. The Kier molecular flexibility index (Phi) is 4.90. The number of imidazole rings is 1. The van der Waals surface area contributed by atoms with Crippen molar-refractivity contribution in [2.75, 3.05) is 6.61 Å². The molecule has 3 aromatic rings. The van der Waals surface area contributed by atoms with Crippen molar-refractivity contribution in [3.8, 4) is 5.69 Å². The molecule has 0 spiro atoms. The summed E-state index contributed by atoms with van der Waals surface area (Å²) in [5.74, 6) is 0.368. The first-order chi connectivity index (χ1) is 12.4. The van der Waals surface area contributed by atoms with Gasteiger partial charge in [-0.05, 0) is 24.3 Å². The molecule has 0 fully saturated rings. The summed E-state index contributed by atoms with van der Waals surface area (Å²) in [7, 11) is 1.86. The van der Waals surface area contributed by atoms with Gasteiger partial charge in [0.05, 0.1) is 12.6 Å². The highest BCUT2D eigenvalue weighted by atomic mass is 16.3. The average molecular weight is 353 g/mol. The number of hydrogen-bond donors (Lipinski definition) is 2. The van der Waals surface area contributed by atoms with Crippen LogP contribution in [0.15, 0.2) is 55.2 Å². The Morgan fingerprint density at radius 3 is 2.58 bits per heavy atom. The van der Waals surface area contributed by atoms with Crippen LogP contribution >= 0.6 is 0 Å². The van der Waals surface area contributed by atoms with E-state index in [-0.39, 0.29) is 12.5 Å². The summed E-state index contributed by atoms with van der Waals surface area (Å²) in [5.41, 5.74) is 0.571. The van der Waals surface area contributed by atoms with E-state index in [0.717, 1.165) is 5.69 Å². The molecule has 3 rings (SSSR count). The van der Waals surface area contributed by atoms with Crippen LogP contribution in [0.1, 0.15) is 36.2 Å². The Bertz CT molecular complexity index is 883. The molecule has 7 heteroatoms. The summed E-state index contributed by atoms with van der Waals surface area (Å²) in [5, 5.41) is 12.8. The Balaban J connectivity index is 1.89. The molecule has 0 bridgehead atoms. The molecule has 26 heavy (non-hydrogen) atoms. The first kappa shape index (κ1) is 17.9. The summed E-state index contributed by atoms with van der Waals surface area (Å²) in [4.78, 5) is 21.4. The van der Waals surface area contributed by atoms with Gasteiger partial charge in [0.25, 0.3) is 5.91 Å². The predicted octanol–water partition coefficient (Wildman–Crippen LogP) is 2.10. The van der Waals surface area contributed by atoms with Gasteiger partial charge < -0.3 is 19.6 Å².